The Bertz CT molecular complexity index is 1870. The molecule has 330 valence electrons. The minimum atomic E-state index is -5.59. The summed E-state index contributed by atoms with van der Waals surface area (Å²) in [5.41, 5.74) is 9.51. The number of carbonyl (C=O) groups is 3. The van der Waals surface area contributed by atoms with Gasteiger partial charge in [0.05, 0.1) is 25.6 Å². The molecule has 14 N–H and O–H groups in total. The van der Waals surface area contributed by atoms with E-state index in [9.17, 15) is 68.1 Å². The standard InChI is InChI=1S/C27H47N8O19P3S/c1-27(2,21(40)24(41)31-6-4-17(38)30-7-8-58-26(42)15(37)9-14(36)3-5-28)11-51-57(48,49)54-56(46,47)50-10-16-20(53-55(43,44)45)19(39)25(52-16)35-13-34-18-22(29)32-12-33-23(18)35/h12-16,19-21,25,36-37,39-40H,3-11,28H2,1-2H3,(H,30,38)(H,31,41)(H,46,47)(H,48,49)(H2,29,32,33)(H2,43,44,45)/t14?,15?,16-,19-,20-,21+,25-/m1/s1. The molecular weight excluding hydrogens is 865 g/mol. The number of phosphoric acid groups is 3. The Kier molecular flexibility index (Phi) is 18.3. The number of nitrogen functional groups attached to an aromatic ring is 1. The van der Waals surface area contributed by atoms with Gasteiger partial charge in [0.1, 0.15) is 42.4 Å². The quantitative estimate of drug-likeness (QED) is 0.0372. The van der Waals surface area contributed by atoms with Crippen LogP contribution in [0.25, 0.3) is 11.2 Å². The Morgan fingerprint density at radius 1 is 1.03 bits per heavy atom. The maximum atomic E-state index is 12.7. The van der Waals surface area contributed by atoms with Crippen LogP contribution in [0.15, 0.2) is 12.7 Å². The zero-order valence-electron chi connectivity index (χ0n) is 30.8. The Balaban J connectivity index is 1.46. The number of nitrogens with one attached hydrogen (secondary N) is 2. The van der Waals surface area contributed by atoms with Gasteiger partial charge in [0.25, 0.3) is 0 Å². The molecule has 0 aliphatic carbocycles. The van der Waals surface area contributed by atoms with E-state index in [1.165, 1.54) is 13.8 Å². The smallest absolute Gasteiger partial charge is 0.393 e. The van der Waals surface area contributed by atoms with Gasteiger partial charge < -0.3 is 66.8 Å². The molecule has 9 atom stereocenters. The highest BCUT2D eigenvalue weighted by molar-refractivity contribution is 8.13. The van der Waals surface area contributed by atoms with Gasteiger partial charge in [-0.15, -0.1) is 0 Å². The third-order valence-electron chi connectivity index (χ3n) is 8.01. The summed E-state index contributed by atoms with van der Waals surface area (Å²) in [7, 11) is -16.5. The Morgan fingerprint density at radius 3 is 2.36 bits per heavy atom. The fourth-order valence-corrected chi connectivity index (χ4v) is 8.57. The Labute approximate surface area is 333 Å². The molecule has 58 heavy (non-hydrogen) atoms. The summed E-state index contributed by atoms with van der Waals surface area (Å²) in [6, 6.07) is 0. The molecule has 0 spiro atoms. The number of nitrogens with two attached hydrogens (primary N) is 2. The normalized spacial score (nSPS) is 22.5. The lowest BCUT2D eigenvalue weighted by molar-refractivity contribution is -0.137. The summed E-state index contributed by atoms with van der Waals surface area (Å²) in [4.78, 5) is 87.5. The van der Waals surface area contributed by atoms with E-state index in [0.717, 1.165) is 29.0 Å². The maximum Gasteiger partial charge on any atom is 0.481 e. The van der Waals surface area contributed by atoms with Crippen LogP contribution in [-0.4, -0.2) is 152 Å². The number of hydrogen-bond acceptors (Lipinski definition) is 21. The molecule has 1 aliphatic rings. The van der Waals surface area contributed by atoms with Gasteiger partial charge in [0, 0.05) is 37.1 Å². The van der Waals surface area contributed by atoms with Crippen molar-refractivity contribution in [1.29, 1.82) is 0 Å². The van der Waals surface area contributed by atoms with Crippen molar-refractivity contribution >= 4 is 69.1 Å². The maximum absolute atomic E-state index is 12.7. The van der Waals surface area contributed by atoms with Crippen LogP contribution in [-0.2, 0) is 50.7 Å². The number of hydrogen-bond donors (Lipinski definition) is 12. The van der Waals surface area contributed by atoms with Crippen LogP contribution in [0, 0.1) is 5.41 Å². The molecule has 3 heterocycles. The van der Waals surface area contributed by atoms with Gasteiger partial charge in [-0.3, -0.25) is 32.5 Å². The highest BCUT2D eigenvalue weighted by atomic mass is 32.2. The fraction of sp³-hybridized carbons (Fsp3) is 0.704. The fourth-order valence-electron chi connectivity index (χ4n) is 5.04. The van der Waals surface area contributed by atoms with Crippen molar-refractivity contribution in [3.8, 4) is 0 Å². The van der Waals surface area contributed by atoms with Crippen LogP contribution in [0.5, 0.6) is 0 Å². The molecule has 0 radical (unpaired) electrons. The second kappa shape index (κ2) is 21.3. The summed E-state index contributed by atoms with van der Waals surface area (Å²) in [5, 5.41) is 45.1. The van der Waals surface area contributed by atoms with Crippen molar-refractivity contribution in [2.75, 3.05) is 44.3 Å². The van der Waals surface area contributed by atoms with Gasteiger partial charge in [0.15, 0.2) is 17.7 Å². The Hall–Kier alpha value is -2.56. The predicted molar refractivity (Wildman–Crippen MR) is 197 cm³/mol. The molecule has 0 bridgehead atoms. The van der Waals surface area contributed by atoms with Crippen LogP contribution in [0.1, 0.15) is 39.3 Å². The number of carbonyl (C=O) groups excluding carboxylic acids is 3. The second-order valence-corrected chi connectivity index (χ2v) is 18.6. The zero-order chi connectivity index (χ0) is 43.6. The number of amides is 2. The summed E-state index contributed by atoms with van der Waals surface area (Å²) in [5.74, 6) is -1.51. The molecule has 27 nitrogen and oxygen atoms in total. The van der Waals surface area contributed by atoms with Crippen molar-refractivity contribution in [3.05, 3.63) is 12.7 Å². The van der Waals surface area contributed by atoms with Gasteiger partial charge >= 0.3 is 23.5 Å². The third-order valence-corrected chi connectivity index (χ3v) is 12.1. The molecule has 4 unspecified atom stereocenters. The summed E-state index contributed by atoms with van der Waals surface area (Å²) in [6.07, 6.45) is -9.41. The van der Waals surface area contributed by atoms with Crippen molar-refractivity contribution < 1.29 is 90.7 Å². The molecule has 2 amide bonds. The van der Waals surface area contributed by atoms with Gasteiger partial charge in [-0.05, 0) is 13.0 Å². The number of imidazole rings is 1. The van der Waals surface area contributed by atoms with Gasteiger partial charge in [0.2, 0.25) is 16.9 Å². The number of nitrogens with zero attached hydrogens (tertiary/aromatic N) is 4. The van der Waals surface area contributed by atoms with E-state index in [-0.39, 0.29) is 61.6 Å². The van der Waals surface area contributed by atoms with E-state index < -0.39 is 102 Å². The number of anilines is 1. The zero-order valence-corrected chi connectivity index (χ0v) is 34.3. The van der Waals surface area contributed by atoms with E-state index in [4.69, 9.17) is 25.3 Å². The number of aliphatic hydroxyl groups is 4. The average Bonchev–Trinajstić information content (AvgIpc) is 3.68. The van der Waals surface area contributed by atoms with Crippen molar-refractivity contribution in [2.24, 2.45) is 11.1 Å². The summed E-state index contributed by atoms with van der Waals surface area (Å²) < 4.78 is 62.0. The summed E-state index contributed by atoms with van der Waals surface area (Å²) >= 11 is 0.746. The topological polar surface area (TPSA) is 430 Å². The lowest BCUT2D eigenvalue weighted by atomic mass is 9.87. The number of ether oxygens (including phenoxy) is 1. The molecule has 2 aromatic rings. The van der Waals surface area contributed by atoms with E-state index >= 15 is 0 Å². The van der Waals surface area contributed by atoms with Crippen molar-refractivity contribution in [1.82, 2.24) is 30.2 Å². The number of aliphatic hydroxyl groups excluding tert-OH is 4. The first-order valence-electron chi connectivity index (χ1n) is 17.0. The molecule has 3 rings (SSSR count). The Morgan fingerprint density at radius 2 is 1.71 bits per heavy atom. The molecule has 1 saturated heterocycles. The molecule has 2 aromatic heterocycles. The molecule has 1 fully saturated rings. The van der Waals surface area contributed by atoms with Crippen LogP contribution < -0.4 is 22.1 Å². The highest BCUT2D eigenvalue weighted by Crippen LogP contribution is 2.61. The molecule has 1 aliphatic heterocycles. The summed E-state index contributed by atoms with van der Waals surface area (Å²) in [6.45, 7) is 0.326. The van der Waals surface area contributed by atoms with E-state index in [2.05, 4.69) is 34.4 Å². The third kappa shape index (κ3) is 15.2. The van der Waals surface area contributed by atoms with Crippen molar-refractivity contribution in [2.45, 2.75) is 76.0 Å². The van der Waals surface area contributed by atoms with Crippen LogP contribution >= 0.6 is 35.2 Å². The number of rotatable bonds is 24. The van der Waals surface area contributed by atoms with E-state index in [0.29, 0.717) is 0 Å². The van der Waals surface area contributed by atoms with E-state index in [1.54, 1.807) is 0 Å². The first-order valence-corrected chi connectivity index (χ1v) is 22.5. The molecule has 0 saturated carbocycles. The minimum Gasteiger partial charge on any atom is -0.393 e. The highest BCUT2D eigenvalue weighted by Gasteiger charge is 2.50. The lowest BCUT2D eigenvalue weighted by Gasteiger charge is -2.30. The van der Waals surface area contributed by atoms with Gasteiger partial charge in [-0.1, -0.05) is 25.6 Å². The number of fused-ring (bicyclic) bond motifs is 1. The number of aromatic nitrogens is 4. The van der Waals surface area contributed by atoms with Gasteiger partial charge in [-0.2, -0.15) is 4.31 Å². The predicted octanol–water partition coefficient (Wildman–Crippen LogP) is -2.87. The average molecular weight is 913 g/mol. The van der Waals surface area contributed by atoms with Crippen molar-refractivity contribution in [3.63, 3.8) is 0 Å². The largest absolute Gasteiger partial charge is 0.481 e. The van der Waals surface area contributed by atoms with Gasteiger partial charge in [-0.25, -0.2) is 28.6 Å². The molecule has 0 aromatic carbocycles. The second-order valence-electron chi connectivity index (χ2n) is 13.2. The first-order chi connectivity index (χ1) is 26.9. The molecule has 31 heteroatoms. The number of thioether (sulfide) groups is 1. The SMILES string of the molecule is CC(C)(COP(=O)(O)OP(=O)(O)OC[C@H]1O[C@@H](n2cnc3c(N)ncnc32)[C@H](O)[C@@H]1OP(=O)(O)O)[C@@H](O)C(=O)NCCC(=O)NCCSC(=O)C(O)CC(O)CCN. The number of phosphoric ester groups is 3. The first kappa shape index (κ1) is 49.8. The lowest BCUT2D eigenvalue weighted by Crippen LogP contribution is -2.46. The minimum absolute atomic E-state index is 0.0186. The van der Waals surface area contributed by atoms with E-state index in [1.807, 2.05) is 0 Å². The van der Waals surface area contributed by atoms with Crippen LogP contribution in [0.3, 0.4) is 0 Å². The monoisotopic (exact) mass is 912 g/mol. The van der Waals surface area contributed by atoms with Crippen LogP contribution in [0.4, 0.5) is 5.82 Å². The van der Waals surface area contributed by atoms with Crippen LogP contribution in [0.2, 0.25) is 0 Å². The molecular formula is C27H47N8O19P3S.